The molecule has 0 aliphatic rings. The van der Waals surface area contributed by atoms with Crippen LogP contribution in [0.2, 0.25) is 0 Å². The number of thiazole rings is 1. The molecule has 0 unspecified atom stereocenters. The van der Waals surface area contributed by atoms with Crippen molar-refractivity contribution in [3.05, 3.63) is 38.8 Å². The minimum Gasteiger partial charge on any atom is -0.369 e. The zero-order valence-electron chi connectivity index (χ0n) is 10.9. The molecular formula is C11H9F3N6OS. The molecule has 0 radical (unpaired) electrons. The fraction of sp³-hybridized carbons (Fsp3) is 0.273. The van der Waals surface area contributed by atoms with Gasteiger partial charge in [0.25, 0.3) is 5.78 Å². The molecule has 0 aromatic carbocycles. The van der Waals surface area contributed by atoms with Gasteiger partial charge < -0.3 is 10.3 Å². The van der Waals surface area contributed by atoms with Crippen LogP contribution in [0.5, 0.6) is 0 Å². The van der Waals surface area contributed by atoms with Crippen molar-refractivity contribution in [2.24, 2.45) is 0 Å². The topological polar surface area (TPSA) is 88.0 Å². The number of rotatable bonds is 4. The van der Waals surface area contributed by atoms with Gasteiger partial charge in [-0.1, -0.05) is 11.3 Å². The summed E-state index contributed by atoms with van der Waals surface area (Å²) in [5, 5.41) is 8.35. The van der Waals surface area contributed by atoms with Gasteiger partial charge in [-0.3, -0.25) is 4.79 Å². The average Bonchev–Trinajstić information content (AvgIpc) is 3.06. The SMILES string of the molecule is O=c1[nH]c(CCNc2cc(C(F)(F)F)nc3ncnn23)cs1. The second kappa shape index (κ2) is 5.40. The molecule has 22 heavy (non-hydrogen) atoms. The summed E-state index contributed by atoms with van der Waals surface area (Å²) in [7, 11) is 0. The number of hydrogen-bond acceptors (Lipinski definition) is 6. The fourth-order valence-corrected chi connectivity index (χ4v) is 2.46. The number of hydrogen-bond donors (Lipinski definition) is 2. The highest BCUT2D eigenvalue weighted by atomic mass is 32.1. The van der Waals surface area contributed by atoms with E-state index in [1.54, 1.807) is 5.38 Å². The summed E-state index contributed by atoms with van der Waals surface area (Å²) >= 11 is 1.04. The van der Waals surface area contributed by atoms with Gasteiger partial charge in [-0.05, 0) is 0 Å². The van der Waals surface area contributed by atoms with Gasteiger partial charge in [-0.15, -0.1) is 0 Å². The summed E-state index contributed by atoms with van der Waals surface area (Å²) in [5.41, 5.74) is -0.332. The molecule has 0 fully saturated rings. The average molecular weight is 330 g/mol. The summed E-state index contributed by atoms with van der Waals surface area (Å²) in [4.78, 5) is 20.6. The van der Waals surface area contributed by atoms with E-state index in [2.05, 4.69) is 25.4 Å². The van der Waals surface area contributed by atoms with Crippen molar-refractivity contribution in [1.29, 1.82) is 0 Å². The van der Waals surface area contributed by atoms with Crippen molar-refractivity contribution in [3.8, 4) is 0 Å². The number of fused-ring (bicyclic) bond motifs is 1. The van der Waals surface area contributed by atoms with Crippen molar-refractivity contribution < 1.29 is 13.2 Å². The first-order chi connectivity index (χ1) is 10.4. The Morgan fingerprint density at radius 1 is 1.41 bits per heavy atom. The Balaban J connectivity index is 1.82. The lowest BCUT2D eigenvalue weighted by Crippen LogP contribution is -2.15. The highest BCUT2D eigenvalue weighted by Gasteiger charge is 2.34. The van der Waals surface area contributed by atoms with Crippen LogP contribution in [0.3, 0.4) is 0 Å². The van der Waals surface area contributed by atoms with Gasteiger partial charge in [0, 0.05) is 30.1 Å². The number of nitrogens with one attached hydrogen (secondary N) is 2. The van der Waals surface area contributed by atoms with Gasteiger partial charge in [0.05, 0.1) is 0 Å². The van der Waals surface area contributed by atoms with Crippen LogP contribution < -0.4 is 10.2 Å². The van der Waals surface area contributed by atoms with Crippen molar-refractivity contribution in [2.45, 2.75) is 12.6 Å². The molecule has 0 saturated heterocycles. The van der Waals surface area contributed by atoms with Crippen LogP contribution in [0.25, 0.3) is 5.78 Å². The first-order valence-corrected chi connectivity index (χ1v) is 7.00. The molecule has 0 atom stereocenters. The zero-order valence-corrected chi connectivity index (χ0v) is 11.7. The summed E-state index contributed by atoms with van der Waals surface area (Å²) in [6.45, 7) is 0.322. The van der Waals surface area contributed by atoms with Crippen molar-refractivity contribution in [1.82, 2.24) is 24.6 Å². The standard InChI is InChI=1S/C11H9F3N6OS/c12-11(13,14)7-3-8(20-9(19-7)16-5-17-20)15-2-1-6-4-22-10(21)18-6/h3-5,15H,1-2H2,(H,18,21). The van der Waals surface area contributed by atoms with E-state index in [-0.39, 0.29) is 16.5 Å². The Bertz CT molecular complexity index is 851. The van der Waals surface area contributed by atoms with E-state index in [0.29, 0.717) is 18.7 Å². The molecule has 11 heteroatoms. The molecule has 7 nitrogen and oxygen atoms in total. The summed E-state index contributed by atoms with van der Waals surface area (Å²) in [6, 6.07) is 0.873. The lowest BCUT2D eigenvalue weighted by atomic mass is 10.3. The van der Waals surface area contributed by atoms with Gasteiger partial charge in [0.2, 0.25) is 0 Å². The maximum absolute atomic E-state index is 12.8. The number of aromatic amines is 1. The van der Waals surface area contributed by atoms with E-state index in [1.165, 1.54) is 4.52 Å². The molecule has 3 aromatic rings. The Kier molecular flexibility index (Phi) is 3.56. The maximum atomic E-state index is 12.8. The molecule has 3 aromatic heterocycles. The molecular weight excluding hydrogens is 321 g/mol. The Morgan fingerprint density at radius 2 is 2.23 bits per heavy atom. The minimum atomic E-state index is -4.57. The predicted octanol–water partition coefficient (Wildman–Crippen LogP) is 1.55. The zero-order chi connectivity index (χ0) is 15.7. The monoisotopic (exact) mass is 330 g/mol. The molecule has 0 spiro atoms. The van der Waals surface area contributed by atoms with E-state index in [4.69, 9.17) is 0 Å². The third kappa shape index (κ3) is 2.93. The highest BCUT2D eigenvalue weighted by Crippen LogP contribution is 2.29. The maximum Gasteiger partial charge on any atom is 0.433 e. The highest BCUT2D eigenvalue weighted by molar-refractivity contribution is 7.07. The number of aromatic nitrogens is 5. The molecule has 116 valence electrons. The molecule has 0 aliphatic carbocycles. The van der Waals surface area contributed by atoms with Gasteiger partial charge in [-0.25, -0.2) is 4.98 Å². The van der Waals surface area contributed by atoms with Gasteiger partial charge in [0.15, 0.2) is 5.69 Å². The van der Waals surface area contributed by atoms with Crippen LogP contribution in [-0.4, -0.2) is 31.1 Å². The number of nitrogens with zero attached hydrogens (tertiary/aromatic N) is 4. The third-order valence-electron chi connectivity index (χ3n) is 2.81. The number of H-pyrrole nitrogens is 1. The van der Waals surface area contributed by atoms with E-state index < -0.39 is 11.9 Å². The van der Waals surface area contributed by atoms with Crippen LogP contribution in [0.15, 0.2) is 22.6 Å². The van der Waals surface area contributed by atoms with Gasteiger partial charge in [-0.2, -0.15) is 27.8 Å². The second-order valence-electron chi connectivity index (χ2n) is 4.35. The van der Waals surface area contributed by atoms with E-state index >= 15 is 0 Å². The molecule has 0 aliphatic heterocycles. The van der Waals surface area contributed by atoms with Crippen LogP contribution in [0.1, 0.15) is 11.4 Å². The molecule has 2 N–H and O–H groups in total. The number of alkyl halides is 3. The Hall–Kier alpha value is -2.43. The molecule has 3 heterocycles. The molecule has 3 rings (SSSR count). The smallest absolute Gasteiger partial charge is 0.369 e. The first kappa shape index (κ1) is 14.5. The lowest BCUT2D eigenvalue weighted by Gasteiger charge is -2.11. The summed E-state index contributed by atoms with van der Waals surface area (Å²) in [6.07, 6.45) is -2.98. The van der Waals surface area contributed by atoms with Crippen molar-refractivity contribution in [2.75, 3.05) is 11.9 Å². The molecule has 0 saturated carbocycles. The number of halogens is 3. The molecule has 0 amide bonds. The fourth-order valence-electron chi connectivity index (χ4n) is 1.84. The molecule has 0 bridgehead atoms. The number of anilines is 1. The second-order valence-corrected chi connectivity index (χ2v) is 5.19. The van der Waals surface area contributed by atoms with Crippen molar-refractivity contribution in [3.63, 3.8) is 0 Å². The van der Waals surface area contributed by atoms with Gasteiger partial charge in [0.1, 0.15) is 12.1 Å². The van der Waals surface area contributed by atoms with Gasteiger partial charge >= 0.3 is 11.0 Å². The minimum absolute atomic E-state index is 0.132. The van der Waals surface area contributed by atoms with Crippen LogP contribution in [-0.2, 0) is 12.6 Å². The summed E-state index contributed by atoms with van der Waals surface area (Å²) < 4.78 is 39.6. The quantitative estimate of drug-likeness (QED) is 0.758. The first-order valence-electron chi connectivity index (χ1n) is 6.12. The van der Waals surface area contributed by atoms with E-state index in [9.17, 15) is 18.0 Å². The van der Waals surface area contributed by atoms with Crippen LogP contribution in [0, 0.1) is 0 Å². The summed E-state index contributed by atoms with van der Waals surface area (Å²) in [5.74, 6) is -0.00586. The van der Waals surface area contributed by atoms with E-state index in [1.807, 2.05) is 0 Å². The predicted molar refractivity (Wildman–Crippen MR) is 72.9 cm³/mol. The Labute approximate surface area is 124 Å². The normalized spacial score (nSPS) is 12.0. The lowest BCUT2D eigenvalue weighted by molar-refractivity contribution is -0.141. The third-order valence-corrected chi connectivity index (χ3v) is 3.53. The van der Waals surface area contributed by atoms with Crippen molar-refractivity contribution >= 4 is 22.9 Å². The largest absolute Gasteiger partial charge is 0.433 e. The Morgan fingerprint density at radius 3 is 2.91 bits per heavy atom. The van der Waals surface area contributed by atoms with Crippen LogP contribution in [0.4, 0.5) is 19.0 Å². The van der Waals surface area contributed by atoms with E-state index in [0.717, 1.165) is 23.7 Å². The van der Waals surface area contributed by atoms with Crippen LogP contribution >= 0.6 is 11.3 Å².